The number of halogens is 1. The van der Waals surface area contributed by atoms with Crippen molar-refractivity contribution in [3.63, 3.8) is 0 Å². The minimum absolute atomic E-state index is 0.0341. The molecule has 4 saturated carbocycles. The van der Waals surface area contributed by atoms with Gasteiger partial charge in [0.15, 0.2) is 5.78 Å². The highest BCUT2D eigenvalue weighted by Gasteiger charge is 2.70. The molecule has 5 aliphatic rings. The third-order valence-corrected chi connectivity index (χ3v) is 16.0. The maximum atomic E-state index is 14.0. The molecule has 52 heavy (non-hydrogen) atoms. The van der Waals surface area contributed by atoms with Gasteiger partial charge in [-0.1, -0.05) is 65.6 Å². The lowest BCUT2D eigenvalue weighted by Crippen LogP contribution is -2.66. The van der Waals surface area contributed by atoms with Crippen molar-refractivity contribution < 1.29 is 29.3 Å². The van der Waals surface area contributed by atoms with Crippen molar-refractivity contribution in [3.05, 3.63) is 34.4 Å². The van der Waals surface area contributed by atoms with Crippen LogP contribution in [-0.4, -0.2) is 56.7 Å². The molecule has 0 saturated heterocycles. The smallest absolute Gasteiger partial charge is 0.309 e. The van der Waals surface area contributed by atoms with Crippen LogP contribution in [0.4, 0.5) is 0 Å². The van der Waals surface area contributed by atoms with Crippen LogP contribution in [0.15, 0.2) is 23.5 Å². The Morgan fingerprint density at radius 3 is 2.29 bits per heavy atom. The van der Waals surface area contributed by atoms with Crippen LogP contribution in [0.1, 0.15) is 132 Å². The number of hydrogen-bond donors (Lipinski definition) is 3. The number of esters is 1. The zero-order valence-corrected chi connectivity index (χ0v) is 33.7. The van der Waals surface area contributed by atoms with Crippen LogP contribution in [0, 0.1) is 56.2 Å². The number of rotatable bonds is 10. The number of carbonyl (C=O) groups excluding carboxylic acids is 2. The molecule has 5 aliphatic carbocycles. The largest absolute Gasteiger partial charge is 0.481 e. The summed E-state index contributed by atoms with van der Waals surface area (Å²) in [6.07, 6.45) is 10.1. The Morgan fingerprint density at radius 1 is 0.981 bits per heavy atom. The maximum Gasteiger partial charge on any atom is 0.309 e. The van der Waals surface area contributed by atoms with E-state index in [9.17, 15) is 24.6 Å². The first kappa shape index (κ1) is 39.3. The molecular formula is C42H62ClN3O6. The molecule has 1 aromatic rings. The Bertz CT molecular complexity index is 1620. The molecule has 0 aromatic carbocycles. The molecule has 0 radical (unpaired) electrons. The molecule has 3 N–H and O–H groups in total. The molecule has 1 aromatic heterocycles. The van der Waals surface area contributed by atoms with E-state index < -0.39 is 28.9 Å². The zero-order chi connectivity index (χ0) is 38.2. The maximum absolute atomic E-state index is 14.0. The second kappa shape index (κ2) is 13.4. The van der Waals surface area contributed by atoms with Crippen molar-refractivity contribution in [1.29, 1.82) is 0 Å². The van der Waals surface area contributed by atoms with Gasteiger partial charge in [0.1, 0.15) is 11.9 Å². The average Bonchev–Trinajstić information content (AvgIpc) is 3.36. The Balaban J connectivity index is 1.26. The van der Waals surface area contributed by atoms with E-state index in [1.54, 1.807) is 26.2 Å². The molecule has 0 amide bonds. The number of aliphatic carboxylic acids is 1. The van der Waals surface area contributed by atoms with Gasteiger partial charge in [0, 0.05) is 36.2 Å². The van der Waals surface area contributed by atoms with Crippen LogP contribution in [-0.2, 0) is 25.7 Å². The predicted octanol–water partition coefficient (Wildman–Crippen LogP) is 7.97. The zero-order valence-electron chi connectivity index (χ0n) is 32.9. The Morgan fingerprint density at radius 2 is 1.65 bits per heavy atom. The van der Waals surface area contributed by atoms with Crippen LogP contribution in [0.5, 0.6) is 0 Å². The van der Waals surface area contributed by atoms with Crippen LogP contribution >= 0.6 is 11.6 Å². The summed E-state index contributed by atoms with van der Waals surface area (Å²) < 4.78 is 6.16. The van der Waals surface area contributed by atoms with Gasteiger partial charge in [0.05, 0.1) is 29.5 Å². The number of carbonyl (C=O) groups is 3. The highest BCUT2D eigenvalue weighted by molar-refractivity contribution is 6.30. The van der Waals surface area contributed by atoms with Gasteiger partial charge in [0.2, 0.25) is 0 Å². The highest BCUT2D eigenvalue weighted by atomic mass is 35.5. The van der Waals surface area contributed by atoms with E-state index in [1.165, 1.54) is 5.57 Å². The number of aromatic nitrogens is 2. The van der Waals surface area contributed by atoms with E-state index in [1.807, 2.05) is 0 Å². The Hall–Kier alpha value is -2.36. The van der Waals surface area contributed by atoms with Crippen molar-refractivity contribution in [1.82, 2.24) is 15.3 Å². The minimum Gasteiger partial charge on any atom is -0.481 e. The van der Waals surface area contributed by atoms with E-state index in [0.717, 1.165) is 56.9 Å². The lowest BCUT2D eigenvalue weighted by Gasteiger charge is -2.72. The second-order valence-corrected chi connectivity index (χ2v) is 20.0. The molecular weight excluding hydrogens is 678 g/mol. The van der Waals surface area contributed by atoms with Crippen molar-refractivity contribution >= 4 is 29.3 Å². The van der Waals surface area contributed by atoms with Gasteiger partial charge < -0.3 is 20.3 Å². The first-order chi connectivity index (χ1) is 24.1. The summed E-state index contributed by atoms with van der Waals surface area (Å²) >= 11 is 5.98. The fourth-order valence-electron chi connectivity index (χ4n) is 12.9. The SMILES string of the molecule is CC(C)C1=C2[C@H]3CC[C@@H]4[C@@]5(C)CC[C@H](OC(=O)CC(C)(C)C(=O)O)C(C)(C)[C@H]5CC[C@@]4(C)[C@]3(C)CCC2(C(O)CNCc2ncc(Cl)cn2)CC1=O. The lowest BCUT2D eigenvalue weighted by molar-refractivity contribution is -0.235. The van der Waals surface area contributed by atoms with Crippen LogP contribution in [0.2, 0.25) is 5.02 Å². The van der Waals surface area contributed by atoms with E-state index in [2.05, 4.69) is 63.8 Å². The first-order valence-electron chi connectivity index (χ1n) is 19.7. The highest BCUT2D eigenvalue weighted by Crippen LogP contribution is 2.77. The van der Waals surface area contributed by atoms with Gasteiger partial charge in [-0.15, -0.1) is 0 Å². The molecule has 0 bridgehead atoms. The van der Waals surface area contributed by atoms with Crippen LogP contribution < -0.4 is 5.32 Å². The number of nitrogens with zero attached hydrogens (tertiary/aromatic N) is 2. The number of aliphatic hydroxyl groups is 1. The monoisotopic (exact) mass is 739 g/mol. The summed E-state index contributed by atoms with van der Waals surface area (Å²) in [5, 5.41) is 25.6. The number of carboxylic acids is 1. The number of ether oxygens (including phenoxy) is 1. The summed E-state index contributed by atoms with van der Waals surface area (Å²) in [4.78, 5) is 47.4. The first-order valence-corrected chi connectivity index (χ1v) is 20.1. The number of carboxylic acid groups (broad SMARTS) is 1. The number of Topliss-reactive ketones (excluding diaryl/α,β-unsaturated/α-hetero) is 1. The summed E-state index contributed by atoms with van der Waals surface area (Å²) in [7, 11) is 0. The summed E-state index contributed by atoms with van der Waals surface area (Å²) in [6.45, 7) is 20.3. The molecule has 0 aliphatic heterocycles. The molecule has 2 unspecified atom stereocenters. The van der Waals surface area contributed by atoms with Gasteiger partial charge >= 0.3 is 11.9 Å². The number of allylic oxidation sites excluding steroid dienone is 1. The number of nitrogens with one attached hydrogen (secondary N) is 1. The molecule has 1 heterocycles. The lowest BCUT2D eigenvalue weighted by atomic mass is 9.33. The summed E-state index contributed by atoms with van der Waals surface area (Å²) in [5.41, 5.74) is 0.279. The van der Waals surface area contributed by atoms with E-state index in [4.69, 9.17) is 16.3 Å². The number of hydrogen-bond acceptors (Lipinski definition) is 8. The van der Waals surface area contributed by atoms with Gasteiger partial charge in [-0.3, -0.25) is 14.4 Å². The quantitative estimate of drug-likeness (QED) is 0.204. The molecule has 4 fully saturated rings. The molecule has 9 nitrogen and oxygen atoms in total. The van der Waals surface area contributed by atoms with E-state index >= 15 is 0 Å². The van der Waals surface area contributed by atoms with Crippen LogP contribution in [0.25, 0.3) is 0 Å². The molecule has 0 spiro atoms. The molecule has 10 heteroatoms. The summed E-state index contributed by atoms with van der Waals surface area (Å²) in [6, 6.07) is 0. The minimum atomic E-state index is -1.17. The van der Waals surface area contributed by atoms with Crippen molar-refractivity contribution in [2.45, 2.75) is 145 Å². The van der Waals surface area contributed by atoms with Crippen molar-refractivity contribution in [2.75, 3.05) is 6.54 Å². The molecule has 9 atom stereocenters. The third-order valence-electron chi connectivity index (χ3n) is 15.8. The Kier molecular flexibility index (Phi) is 10.2. The van der Waals surface area contributed by atoms with E-state index in [-0.39, 0.29) is 51.8 Å². The molecule has 6 rings (SSSR count). The number of ketones is 1. The fourth-order valence-corrected chi connectivity index (χ4v) is 13.0. The summed E-state index contributed by atoms with van der Waals surface area (Å²) in [5.74, 6) is 0.541. The van der Waals surface area contributed by atoms with Gasteiger partial charge in [-0.05, 0) is 111 Å². The second-order valence-electron chi connectivity index (χ2n) is 19.5. The predicted molar refractivity (Wildman–Crippen MR) is 200 cm³/mol. The fraction of sp³-hybridized carbons (Fsp3) is 0.786. The average molecular weight is 740 g/mol. The van der Waals surface area contributed by atoms with Gasteiger partial charge in [-0.2, -0.15) is 0 Å². The van der Waals surface area contributed by atoms with Gasteiger partial charge in [0.25, 0.3) is 0 Å². The van der Waals surface area contributed by atoms with Crippen LogP contribution in [0.3, 0.4) is 0 Å². The number of aliphatic hydroxyl groups excluding tert-OH is 1. The normalized spacial score (nSPS) is 37.5. The van der Waals surface area contributed by atoms with Crippen molar-refractivity contribution in [3.8, 4) is 0 Å². The Labute approximate surface area is 315 Å². The van der Waals surface area contributed by atoms with Gasteiger partial charge in [-0.25, -0.2) is 9.97 Å². The standard InChI is InChI=1S/C42H62ClN3O6/c1-24(2)34-27(47)18-42(30(48)22-44-23-32-45-20-25(43)21-46-32)17-16-40(8)26(35(34)42)10-11-29-39(7)14-13-31(52-33(49)19-37(3,4)36(50)51)38(5,6)28(39)12-15-41(29,40)9/h20-21,24,26,28-31,44,48H,10-19,22-23H2,1-9H3,(H,50,51)/t26-,28-,29-,30?,31+,39+,40-,41-,42?/m1/s1. The molecule has 288 valence electrons. The van der Waals surface area contributed by atoms with E-state index in [0.29, 0.717) is 42.2 Å². The van der Waals surface area contributed by atoms with Crippen molar-refractivity contribution in [2.24, 2.45) is 56.2 Å². The third kappa shape index (κ3) is 6.07. The topological polar surface area (TPSA) is 139 Å². The number of fused-ring (bicyclic) bond motifs is 7.